The number of para-hydroxylation sites is 2. The molecule has 5 aromatic rings. The number of aromatic nitrogens is 5. The zero-order valence-corrected chi connectivity index (χ0v) is 18.7. The minimum atomic E-state index is -0.0849. The molecule has 0 aliphatic heterocycles. The van der Waals surface area contributed by atoms with E-state index in [1.165, 1.54) is 0 Å². The van der Waals surface area contributed by atoms with E-state index in [4.69, 9.17) is 15.2 Å². The van der Waals surface area contributed by atoms with Crippen LogP contribution in [0, 0.1) is 0 Å². The Labute approximate surface area is 190 Å². The summed E-state index contributed by atoms with van der Waals surface area (Å²) in [6, 6.07) is 14.1. The molecule has 3 heterocycles. The average molecular weight is 444 g/mol. The van der Waals surface area contributed by atoms with Crippen LogP contribution >= 0.6 is 0 Å². The second kappa shape index (κ2) is 8.34. The van der Waals surface area contributed by atoms with E-state index in [0.29, 0.717) is 35.5 Å². The molecule has 3 aromatic heterocycles. The maximum Gasteiger partial charge on any atom is 0.226 e. The fraction of sp³-hybridized carbons (Fsp3) is 0.208. The molecule has 0 aliphatic rings. The monoisotopic (exact) mass is 443 g/mol. The number of anilines is 2. The molecule has 0 fully saturated rings. The molecule has 0 spiro atoms. The van der Waals surface area contributed by atoms with Crippen molar-refractivity contribution in [2.45, 2.75) is 5.92 Å². The first-order valence-corrected chi connectivity index (χ1v) is 10.6. The Morgan fingerprint density at radius 2 is 1.88 bits per heavy atom. The minimum Gasteiger partial charge on any atom is -0.493 e. The summed E-state index contributed by atoms with van der Waals surface area (Å²) in [5.74, 6) is 2.11. The van der Waals surface area contributed by atoms with Crippen molar-refractivity contribution in [2.24, 2.45) is 7.05 Å². The first-order chi connectivity index (χ1) is 16.1. The van der Waals surface area contributed by atoms with Gasteiger partial charge in [0.25, 0.3) is 0 Å². The molecule has 9 nitrogen and oxygen atoms in total. The Kier molecular flexibility index (Phi) is 5.21. The van der Waals surface area contributed by atoms with E-state index in [1.54, 1.807) is 25.1 Å². The lowest BCUT2D eigenvalue weighted by atomic mass is 9.90. The van der Waals surface area contributed by atoms with Gasteiger partial charge in [-0.2, -0.15) is 15.1 Å². The van der Waals surface area contributed by atoms with Crippen LogP contribution in [0.4, 0.5) is 11.8 Å². The van der Waals surface area contributed by atoms with Gasteiger partial charge in [-0.05, 0) is 17.7 Å². The van der Waals surface area contributed by atoms with Gasteiger partial charge in [-0.25, -0.2) is 0 Å². The highest BCUT2D eigenvalue weighted by Gasteiger charge is 2.24. The highest BCUT2D eigenvalue weighted by atomic mass is 16.5. The van der Waals surface area contributed by atoms with Crippen LogP contribution < -0.4 is 20.5 Å². The Morgan fingerprint density at radius 1 is 1.03 bits per heavy atom. The zero-order chi connectivity index (χ0) is 22.9. The van der Waals surface area contributed by atoms with Gasteiger partial charge in [-0.1, -0.05) is 30.3 Å². The second-order valence-corrected chi connectivity index (χ2v) is 7.74. The maximum absolute atomic E-state index is 6.15. The molecule has 2 aromatic carbocycles. The van der Waals surface area contributed by atoms with Crippen LogP contribution in [-0.2, 0) is 7.05 Å². The normalized spacial score (nSPS) is 12.2. The Bertz CT molecular complexity index is 1440. The molecule has 0 saturated heterocycles. The summed E-state index contributed by atoms with van der Waals surface area (Å²) in [7, 11) is 5.12. The molecule has 33 heavy (non-hydrogen) atoms. The third-order valence-electron chi connectivity index (χ3n) is 5.89. The van der Waals surface area contributed by atoms with Crippen LogP contribution in [0.15, 0.2) is 54.9 Å². The first-order valence-electron chi connectivity index (χ1n) is 10.6. The van der Waals surface area contributed by atoms with Gasteiger partial charge in [0.05, 0.1) is 25.8 Å². The second-order valence-electron chi connectivity index (χ2n) is 7.74. The van der Waals surface area contributed by atoms with Crippen LogP contribution in [0.5, 0.6) is 11.5 Å². The van der Waals surface area contributed by atoms with Crippen molar-refractivity contribution in [1.29, 1.82) is 0 Å². The summed E-state index contributed by atoms with van der Waals surface area (Å²) in [5.41, 5.74) is 10.0. The third kappa shape index (κ3) is 3.57. The molecular weight excluding hydrogens is 418 g/mol. The smallest absolute Gasteiger partial charge is 0.226 e. The van der Waals surface area contributed by atoms with Gasteiger partial charge in [-0.3, -0.25) is 4.68 Å². The number of aromatic amines is 1. The molecule has 9 heteroatoms. The molecule has 0 amide bonds. The number of H-pyrrole nitrogens is 1. The number of nitrogen functional groups attached to an aromatic ring is 1. The number of ether oxygens (including phenoxy) is 2. The molecule has 168 valence electrons. The van der Waals surface area contributed by atoms with E-state index in [1.807, 2.05) is 37.5 Å². The summed E-state index contributed by atoms with van der Waals surface area (Å²) in [6.45, 7) is 0.508. The van der Waals surface area contributed by atoms with Crippen LogP contribution in [0.25, 0.3) is 21.9 Å². The van der Waals surface area contributed by atoms with Crippen LogP contribution in [0.2, 0.25) is 0 Å². The predicted molar refractivity (Wildman–Crippen MR) is 129 cm³/mol. The molecule has 0 bridgehead atoms. The summed E-state index contributed by atoms with van der Waals surface area (Å²) < 4.78 is 13.0. The van der Waals surface area contributed by atoms with Crippen molar-refractivity contribution in [1.82, 2.24) is 24.7 Å². The van der Waals surface area contributed by atoms with Gasteiger partial charge >= 0.3 is 0 Å². The molecule has 0 saturated carbocycles. The molecule has 4 N–H and O–H groups in total. The van der Waals surface area contributed by atoms with Crippen molar-refractivity contribution in [3.63, 3.8) is 0 Å². The number of benzene rings is 2. The fourth-order valence-electron chi connectivity index (χ4n) is 4.27. The van der Waals surface area contributed by atoms with Crippen molar-refractivity contribution < 1.29 is 9.47 Å². The van der Waals surface area contributed by atoms with E-state index in [-0.39, 0.29) is 5.92 Å². The van der Waals surface area contributed by atoms with E-state index in [0.717, 1.165) is 27.4 Å². The highest BCUT2D eigenvalue weighted by molar-refractivity contribution is 5.86. The van der Waals surface area contributed by atoms with Crippen molar-refractivity contribution in [3.05, 3.63) is 66.0 Å². The topological polar surface area (TPSA) is 116 Å². The minimum absolute atomic E-state index is 0.0849. The van der Waals surface area contributed by atoms with Gasteiger partial charge in [0.15, 0.2) is 17.1 Å². The third-order valence-corrected chi connectivity index (χ3v) is 5.89. The van der Waals surface area contributed by atoms with Gasteiger partial charge in [0.2, 0.25) is 5.95 Å². The lowest BCUT2D eigenvalue weighted by Crippen LogP contribution is -2.17. The lowest BCUT2D eigenvalue weighted by molar-refractivity contribution is 0.350. The first kappa shape index (κ1) is 20.6. The van der Waals surface area contributed by atoms with Crippen LogP contribution in [0.3, 0.4) is 0 Å². The van der Waals surface area contributed by atoms with Crippen LogP contribution in [0.1, 0.15) is 17.0 Å². The largest absolute Gasteiger partial charge is 0.493 e. The number of rotatable bonds is 7. The number of fused-ring (bicyclic) bond motifs is 2. The molecular formula is C24H25N7O2. The number of nitrogens with two attached hydrogens (primary N) is 1. The number of nitrogens with zero attached hydrogens (tertiary/aromatic N) is 4. The van der Waals surface area contributed by atoms with Crippen LogP contribution in [-0.4, -0.2) is 45.5 Å². The molecule has 1 atom stereocenters. The quantitative estimate of drug-likeness (QED) is 0.351. The van der Waals surface area contributed by atoms with E-state index in [9.17, 15) is 0 Å². The van der Waals surface area contributed by atoms with E-state index in [2.05, 4.69) is 43.6 Å². The van der Waals surface area contributed by atoms with Crippen molar-refractivity contribution >= 4 is 33.7 Å². The Balaban J connectivity index is 1.59. The molecule has 0 radical (unpaired) electrons. The summed E-state index contributed by atoms with van der Waals surface area (Å²) in [6.07, 6.45) is 3.71. The van der Waals surface area contributed by atoms with Gasteiger partial charge in [0, 0.05) is 42.2 Å². The van der Waals surface area contributed by atoms with Crippen molar-refractivity contribution in [2.75, 3.05) is 31.8 Å². The Morgan fingerprint density at radius 3 is 2.70 bits per heavy atom. The average Bonchev–Trinajstić information content (AvgIpc) is 3.43. The van der Waals surface area contributed by atoms with Gasteiger partial charge in [0.1, 0.15) is 5.82 Å². The highest BCUT2D eigenvalue weighted by Crippen LogP contribution is 2.40. The number of aryl methyl sites for hydroxylation is 1. The maximum atomic E-state index is 6.15. The summed E-state index contributed by atoms with van der Waals surface area (Å²) in [5, 5.41) is 9.47. The molecule has 1 unspecified atom stereocenters. The SMILES string of the molecule is COc1cccc(C(CNc2nc(N)c3cnn(C)c3n2)c2c[nH]c3ccccc23)c1OC. The lowest BCUT2D eigenvalue weighted by Gasteiger charge is -2.22. The summed E-state index contributed by atoms with van der Waals surface area (Å²) >= 11 is 0. The van der Waals surface area contributed by atoms with Crippen molar-refractivity contribution in [3.8, 4) is 11.5 Å². The number of hydrogen-bond donors (Lipinski definition) is 3. The molecule has 0 aliphatic carbocycles. The molecule has 5 rings (SSSR count). The predicted octanol–water partition coefficient (Wildman–Crippen LogP) is 3.69. The number of nitrogens with one attached hydrogen (secondary N) is 2. The zero-order valence-electron chi connectivity index (χ0n) is 18.7. The fourth-order valence-corrected chi connectivity index (χ4v) is 4.27. The number of methoxy groups -OCH3 is 2. The Hall–Kier alpha value is -4.27. The van der Waals surface area contributed by atoms with Gasteiger partial charge in [-0.15, -0.1) is 0 Å². The standard InChI is InChI=1S/C24H25N7O2/c1-31-23-18(13-28-31)22(25)29-24(30-23)27-12-17(15-8-6-10-20(32-2)21(15)33-3)16-11-26-19-9-5-4-7-14(16)19/h4-11,13,17,26H,12H2,1-3H3,(H3,25,27,29,30). The van der Waals surface area contributed by atoms with E-state index >= 15 is 0 Å². The van der Waals surface area contributed by atoms with E-state index < -0.39 is 0 Å². The number of hydrogen-bond acceptors (Lipinski definition) is 7. The summed E-state index contributed by atoms with van der Waals surface area (Å²) in [4.78, 5) is 12.4. The van der Waals surface area contributed by atoms with Gasteiger partial charge < -0.3 is 25.5 Å².